The monoisotopic (exact) mass is 227 g/mol. The predicted octanol–water partition coefficient (Wildman–Crippen LogP) is -0.590. The van der Waals surface area contributed by atoms with Gasteiger partial charge in [-0.15, -0.1) is 0 Å². The third-order valence-electron chi connectivity index (χ3n) is 2.19. The van der Waals surface area contributed by atoms with E-state index in [0.29, 0.717) is 0 Å². The van der Waals surface area contributed by atoms with Crippen molar-refractivity contribution >= 4 is 5.82 Å². The van der Waals surface area contributed by atoms with E-state index in [1.165, 1.54) is 0 Å². The van der Waals surface area contributed by atoms with Gasteiger partial charge >= 0.3 is 5.69 Å². The number of rotatable bonds is 2. The van der Waals surface area contributed by atoms with Crippen LogP contribution in [0.2, 0.25) is 0 Å². The molecule has 2 heterocycles. The minimum absolute atomic E-state index is 0.202. The van der Waals surface area contributed by atoms with Crippen LogP contribution >= 0.6 is 0 Å². The molecule has 1 unspecified atom stereocenters. The molecular formula is C9H10FN3O3. The van der Waals surface area contributed by atoms with Crippen molar-refractivity contribution in [1.29, 1.82) is 0 Å². The Morgan fingerprint density at radius 2 is 2.38 bits per heavy atom. The minimum atomic E-state index is -0.788. The van der Waals surface area contributed by atoms with Crippen molar-refractivity contribution in [3.8, 4) is 0 Å². The van der Waals surface area contributed by atoms with Gasteiger partial charge in [0, 0.05) is 0 Å². The normalized spacial score (nSPS) is 23.9. The molecule has 0 radical (unpaired) electrons. The number of halogens is 1. The van der Waals surface area contributed by atoms with E-state index in [0.717, 1.165) is 10.8 Å². The molecule has 16 heavy (non-hydrogen) atoms. The second-order valence-corrected chi connectivity index (χ2v) is 3.30. The highest BCUT2D eigenvalue weighted by Gasteiger charge is 2.21. The first-order valence-electron chi connectivity index (χ1n) is 4.60. The Morgan fingerprint density at radius 3 is 3.00 bits per heavy atom. The van der Waals surface area contributed by atoms with Crippen LogP contribution in [-0.4, -0.2) is 27.4 Å². The third kappa shape index (κ3) is 1.82. The first kappa shape index (κ1) is 10.8. The van der Waals surface area contributed by atoms with Crippen molar-refractivity contribution in [3.05, 3.63) is 34.7 Å². The second kappa shape index (κ2) is 4.03. The molecule has 0 aromatic carbocycles. The molecule has 1 aromatic rings. The Labute approximate surface area is 89.8 Å². The van der Waals surface area contributed by atoms with Crippen molar-refractivity contribution in [3.63, 3.8) is 0 Å². The summed E-state index contributed by atoms with van der Waals surface area (Å²) in [6.07, 6.45) is 2.81. The summed E-state index contributed by atoms with van der Waals surface area (Å²) in [6.45, 7) is -0.202. The van der Waals surface area contributed by atoms with Crippen LogP contribution in [0.1, 0.15) is 6.23 Å². The van der Waals surface area contributed by atoms with Crippen molar-refractivity contribution in [1.82, 2.24) is 9.55 Å². The molecule has 2 atom stereocenters. The Morgan fingerprint density at radius 1 is 1.62 bits per heavy atom. The summed E-state index contributed by atoms with van der Waals surface area (Å²) in [7, 11) is 0. The zero-order valence-electron chi connectivity index (χ0n) is 8.21. The van der Waals surface area contributed by atoms with Gasteiger partial charge < -0.3 is 15.6 Å². The number of ether oxygens (including phenoxy) is 1. The zero-order chi connectivity index (χ0) is 11.7. The third-order valence-corrected chi connectivity index (χ3v) is 2.19. The Kier molecular flexibility index (Phi) is 2.71. The molecule has 86 valence electrons. The summed E-state index contributed by atoms with van der Waals surface area (Å²) in [5.74, 6) is -1.23. The molecule has 1 aliphatic heterocycles. The van der Waals surface area contributed by atoms with Crippen molar-refractivity contribution < 1.29 is 14.2 Å². The molecule has 0 bridgehead atoms. The first-order chi connectivity index (χ1) is 7.61. The van der Waals surface area contributed by atoms with Crippen LogP contribution in [0.15, 0.2) is 23.1 Å². The SMILES string of the molecule is Nc1nc(=O)n([C@@H]2C=CC(CO)O2)cc1F. The number of hydrogen-bond acceptors (Lipinski definition) is 5. The lowest BCUT2D eigenvalue weighted by Gasteiger charge is -2.14. The second-order valence-electron chi connectivity index (χ2n) is 3.30. The highest BCUT2D eigenvalue weighted by Crippen LogP contribution is 2.19. The molecule has 1 aliphatic rings. The van der Waals surface area contributed by atoms with Gasteiger partial charge in [-0.25, -0.2) is 9.18 Å². The van der Waals surface area contributed by atoms with Crippen molar-refractivity contribution in [2.45, 2.75) is 12.3 Å². The largest absolute Gasteiger partial charge is 0.393 e. The van der Waals surface area contributed by atoms with Gasteiger partial charge in [0.2, 0.25) is 0 Å². The van der Waals surface area contributed by atoms with Crippen LogP contribution in [0.5, 0.6) is 0 Å². The molecule has 0 aliphatic carbocycles. The number of aliphatic hydroxyl groups is 1. The molecule has 0 fully saturated rings. The highest BCUT2D eigenvalue weighted by molar-refractivity contribution is 5.26. The molecule has 0 spiro atoms. The number of hydrogen-bond donors (Lipinski definition) is 2. The van der Waals surface area contributed by atoms with Gasteiger partial charge in [0.25, 0.3) is 0 Å². The van der Waals surface area contributed by atoms with Crippen molar-refractivity contribution in [2.24, 2.45) is 0 Å². The van der Waals surface area contributed by atoms with Gasteiger partial charge in [-0.1, -0.05) is 6.08 Å². The number of nitrogens with two attached hydrogens (primary N) is 1. The molecule has 3 N–H and O–H groups in total. The number of aromatic nitrogens is 2. The maximum absolute atomic E-state index is 13.1. The summed E-state index contributed by atoms with van der Waals surface area (Å²) >= 11 is 0. The average molecular weight is 227 g/mol. The lowest BCUT2D eigenvalue weighted by Crippen LogP contribution is -2.29. The number of nitrogens with zero attached hydrogens (tertiary/aromatic N) is 2. The van der Waals surface area contributed by atoms with Crippen LogP contribution in [0.4, 0.5) is 10.2 Å². The molecule has 1 aromatic heterocycles. The molecule has 6 nitrogen and oxygen atoms in total. The standard InChI is InChI=1S/C9H10FN3O3/c10-6-3-13(9(15)12-8(6)11)7-2-1-5(4-14)16-7/h1-3,5,7,14H,4H2,(H2,11,12,15)/t5?,7-/m0/s1. The van der Waals surface area contributed by atoms with Crippen LogP contribution in [0.3, 0.4) is 0 Å². The lowest BCUT2D eigenvalue weighted by molar-refractivity contribution is -0.0106. The average Bonchev–Trinajstić information content (AvgIpc) is 2.71. The molecule has 0 saturated heterocycles. The quantitative estimate of drug-likeness (QED) is 0.659. The van der Waals surface area contributed by atoms with Crippen LogP contribution < -0.4 is 11.4 Å². The van der Waals surface area contributed by atoms with E-state index in [1.54, 1.807) is 12.2 Å². The lowest BCUT2D eigenvalue weighted by atomic mass is 10.4. The molecule has 7 heteroatoms. The van der Waals surface area contributed by atoms with E-state index in [4.69, 9.17) is 15.6 Å². The Bertz CT molecular complexity index is 485. The topological polar surface area (TPSA) is 90.4 Å². The number of aliphatic hydroxyl groups excluding tert-OH is 1. The fraction of sp³-hybridized carbons (Fsp3) is 0.333. The smallest absolute Gasteiger partial charge is 0.352 e. The van der Waals surface area contributed by atoms with Crippen molar-refractivity contribution in [2.75, 3.05) is 12.3 Å². The van der Waals surface area contributed by atoms with E-state index in [9.17, 15) is 9.18 Å². The van der Waals surface area contributed by atoms with Crippen LogP contribution in [0.25, 0.3) is 0 Å². The van der Waals surface area contributed by atoms with E-state index in [1.807, 2.05) is 0 Å². The first-order valence-corrected chi connectivity index (χ1v) is 4.60. The van der Waals surface area contributed by atoms with E-state index < -0.39 is 29.7 Å². The predicted molar refractivity (Wildman–Crippen MR) is 53.0 cm³/mol. The van der Waals surface area contributed by atoms with Gasteiger partial charge in [-0.2, -0.15) is 4.98 Å². The summed E-state index contributed by atoms with van der Waals surface area (Å²) in [4.78, 5) is 14.7. The summed E-state index contributed by atoms with van der Waals surface area (Å²) in [5, 5.41) is 8.83. The Balaban J connectivity index is 2.33. The zero-order valence-corrected chi connectivity index (χ0v) is 8.21. The summed E-state index contributed by atoms with van der Waals surface area (Å²) in [5.41, 5.74) is 4.44. The molecule has 0 saturated carbocycles. The Hall–Kier alpha value is -1.73. The molecule has 0 amide bonds. The fourth-order valence-corrected chi connectivity index (χ4v) is 1.39. The number of nitrogen functional groups attached to an aromatic ring is 1. The van der Waals surface area contributed by atoms with Gasteiger partial charge in [0.1, 0.15) is 6.10 Å². The molecule has 2 rings (SSSR count). The van der Waals surface area contributed by atoms with E-state index in [-0.39, 0.29) is 6.61 Å². The maximum Gasteiger partial charge on any atom is 0.352 e. The maximum atomic E-state index is 13.1. The summed E-state index contributed by atoms with van der Waals surface area (Å²) < 4.78 is 19.3. The van der Waals surface area contributed by atoms with Gasteiger partial charge in [0.15, 0.2) is 17.9 Å². The van der Waals surface area contributed by atoms with E-state index >= 15 is 0 Å². The summed E-state index contributed by atoms with van der Waals surface area (Å²) in [6, 6.07) is 0. The molecular weight excluding hydrogens is 217 g/mol. The van der Waals surface area contributed by atoms with E-state index in [2.05, 4.69) is 4.98 Å². The highest BCUT2D eigenvalue weighted by atomic mass is 19.1. The number of anilines is 1. The fourth-order valence-electron chi connectivity index (χ4n) is 1.39. The van der Waals surface area contributed by atoms with Gasteiger partial charge in [-0.3, -0.25) is 4.57 Å². The van der Waals surface area contributed by atoms with Crippen LogP contribution in [0, 0.1) is 5.82 Å². The van der Waals surface area contributed by atoms with Gasteiger partial charge in [0.05, 0.1) is 12.8 Å². The minimum Gasteiger partial charge on any atom is -0.393 e. The van der Waals surface area contributed by atoms with Crippen LogP contribution in [-0.2, 0) is 4.74 Å². The van der Waals surface area contributed by atoms with Gasteiger partial charge in [-0.05, 0) is 6.08 Å².